The minimum Gasteiger partial charge on any atom is -0.262 e. The maximum absolute atomic E-state index is 12.7. The van der Waals surface area contributed by atoms with Gasteiger partial charge in [0.2, 0.25) is 5.16 Å². The summed E-state index contributed by atoms with van der Waals surface area (Å²) >= 11 is 1.55. The highest BCUT2D eigenvalue weighted by atomic mass is 32.2. The standard InChI is InChI=1S/C11H12FN3S/c1-7(9-3-5-10(12)6-4-9)16-11-13-8(2)14-15-11/h3-7H,1-2H3,(H,13,14,15)/t7-/m0/s1. The van der Waals surface area contributed by atoms with E-state index >= 15 is 0 Å². The Balaban J connectivity index is 2.08. The first kappa shape index (κ1) is 11.1. The van der Waals surface area contributed by atoms with Gasteiger partial charge in [-0.15, -0.1) is 5.10 Å². The Morgan fingerprint density at radius 1 is 1.31 bits per heavy atom. The van der Waals surface area contributed by atoms with E-state index in [2.05, 4.69) is 15.2 Å². The Morgan fingerprint density at radius 2 is 2.00 bits per heavy atom. The number of hydrogen-bond donors (Lipinski definition) is 1. The molecule has 0 aliphatic heterocycles. The number of aromatic amines is 1. The third-order valence-corrected chi connectivity index (χ3v) is 3.22. The van der Waals surface area contributed by atoms with E-state index in [0.29, 0.717) is 5.16 Å². The molecular formula is C11H12FN3S. The second-order valence-corrected chi connectivity index (χ2v) is 4.82. The summed E-state index contributed by atoms with van der Waals surface area (Å²) in [7, 11) is 0. The van der Waals surface area contributed by atoms with Gasteiger partial charge in [-0.3, -0.25) is 5.10 Å². The molecular weight excluding hydrogens is 225 g/mol. The van der Waals surface area contributed by atoms with E-state index in [1.54, 1.807) is 23.9 Å². The first-order chi connectivity index (χ1) is 7.65. The van der Waals surface area contributed by atoms with Crippen molar-refractivity contribution in [3.8, 4) is 0 Å². The summed E-state index contributed by atoms with van der Waals surface area (Å²) in [6.45, 7) is 3.91. The number of aryl methyl sites for hydroxylation is 1. The highest BCUT2D eigenvalue weighted by Gasteiger charge is 2.10. The quantitative estimate of drug-likeness (QED) is 0.834. The molecule has 0 aliphatic rings. The maximum atomic E-state index is 12.7. The number of thioether (sulfide) groups is 1. The fraction of sp³-hybridized carbons (Fsp3) is 0.273. The topological polar surface area (TPSA) is 41.6 Å². The summed E-state index contributed by atoms with van der Waals surface area (Å²) < 4.78 is 12.7. The van der Waals surface area contributed by atoms with Gasteiger partial charge in [-0.05, 0) is 31.5 Å². The van der Waals surface area contributed by atoms with Crippen LogP contribution in [0, 0.1) is 12.7 Å². The second-order valence-electron chi connectivity index (χ2n) is 3.52. The van der Waals surface area contributed by atoms with Crippen LogP contribution in [0.5, 0.6) is 0 Å². The fourth-order valence-corrected chi connectivity index (χ4v) is 2.23. The molecule has 3 nitrogen and oxygen atoms in total. The summed E-state index contributed by atoms with van der Waals surface area (Å²) in [6, 6.07) is 6.50. The molecule has 2 aromatic rings. The van der Waals surface area contributed by atoms with Gasteiger partial charge in [-0.2, -0.15) is 0 Å². The number of rotatable bonds is 3. The first-order valence-electron chi connectivity index (χ1n) is 4.96. The molecule has 1 aromatic carbocycles. The Kier molecular flexibility index (Phi) is 3.24. The van der Waals surface area contributed by atoms with Crippen LogP contribution in [0.1, 0.15) is 23.6 Å². The smallest absolute Gasteiger partial charge is 0.209 e. The van der Waals surface area contributed by atoms with Crippen LogP contribution in [0.15, 0.2) is 29.4 Å². The van der Waals surface area contributed by atoms with E-state index in [1.165, 1.54) is 12.1 Å². The second kappa shape index (κ2) is 4.65. The van der Waals surface area contributed by atoms with E-state index in [9.17, 15) is 4.39 Å². The molecule has 1 atom stereocenters. The van der Waals surface area contributed by atoms with Crippen molar-refractivity contribution >= 4 is 11.8 Å². The van der Waals surface area contributed by atoms with Crippen LogP contribution in [0.2, 0.25) is 0 Å². The van der Waals surface area contributed by atoms with E-state index < -0.39 is 0 Å². The third kappa shape index (κ3) is 2.61. The van der Waals surface area contributed by atoms with Gasteiger partial charge in [0.15, 0.2) is 0 Å². The minimum absolute atomic E-state index is 0.204. The largest absolute Gasteiger partial charge is 0.262 e. The zero-order valence-electron chi connectivity index (χ0n) is 9.07. The molecule has 1 heterocycles. The number of aromatic nitrogens is 3. The average molecular weight is 237 g/mol. The lowest BCUT2D eigenvalue weighted by Gasteiger charge is -2.08. The minimum atomic E-state index is -0.213. The van der Waals surface area contributed by atoms with Crippen LogP contribution < -0.4 is 0 Å². The maximum Gasteiger partial charge on any atom is 0.209 e. The first-order valence-corrected chi connectivity index (χ1v) is 5.84. The number of benzene rings is 1. The molecule has 0 radical (unpaired) electrons. The molecule has 0 amide bonds. The van der Waals surface area contributed by atoms with E-state index in [4.69, 9.17) is 0 Å². The van der Waals surface area contributed by atoms with Crippen LogP contribution in [-0.2, 0) is 0 Å². The molecule has 16 heavy (non-hydrogen) atoms. The SMILES string of the molecule is Cc1nc(S[C@@H](C)c2ccc(F)cc2)n[nH]1. The zero-order chi connectivity index (χ0) is 11.5. The van der Waals surface area contributed by atoms with Gasteiger partial charge in [0.1, 0.15) is 11.6 Å². The van der Waals surface area contributed by atoms with Gasteiger partial charge < -0.3 is 0 Å². The molecule has 1 N–H and O–H groups in total. The molecule has 0 spiro atoms. The monoisotopic (exact) mass is 237 g/mol. The van der Waals surface area contributed by atoms with Gasteiger partial charge in [0.05, 0.1) is 0 Å². The van der Waals surface area contributed by atoms with E-state index in [1.807, 2.05) is 13.8 Å². The van der Waals surface area contributed by atoms with Gasteiger partial charge in [0.25, 0.3) is 0 Å². The lowest BCUT2D eigenvalue weighted by atomic mass is 10.2. The van der Waals surface area contributed by atoms with Gasteiger partial charge >= 0.3 is 0 Å². The predicted octanol–water partition coefficient (Wildman–Crippen LogP) is 3.11. The number of nitrogens with zero attached hydrogens (tertiary/aromatic N) is 2. The zero-order valence-corrected chi connectivity index (χ0v) is 9.88. The average Bonchev–Trinajstić information content (AvgIpc) is 2.65. The summed E-state index contributed by atoms with van der Waals surface area (Å²) in [4.78, 5) is 4.22. The van der Waals surface area contributed by atoms with Crippen molar-refractivity contribution in [2.45, 2.75) is 24.3 Å². The lowest BCUT2D eigenvalue weighted by Crippen LogP contribution is -1.89. The van der Waals surface area contributed by atoms with Crippen LogP contribution in [0.25, 0.3) is 0 Å². The van der Waals surface area contributed by atoms with E-state index in [0.717, 1.165) is 11.4 Å². The molecule has 0 saturated carbocycles. The molecule has 0 aliphatic carbocycles. The molecule has 0 bridgehead atoms. The highest BCUT2D eigenvalue weighted by molar-refractivity contribution is 7.99. The molecule has 2 rings (SSSR count). The molecule has 0 fully saturated rings. The van der Waals surface area contributed by atoms with Gasteiger partial charge in [-0.25, -0.2) is 9.37 Å². The summed E-state index contributed by atoms with van der Waals surface area (Å²) in [5, 5.41) is 7.77. The summed E-state index contributed by atoms with van der Waals surface area (Å²) in [5.41, 5.74) is 1.06. The van der Waals surface area contributed by atoms with Crippen LogP contribution in [-0.4, -0.2) is 15.2 Å². The Bertz CT molecular complexity index is 466. The molecule has 1 aromatic heterocycles. The Labute approximate surface area is 97.5 Å². The van der Waals surface area contributed by atoms with E-state index in [-0.39, 0.29) is 11.1 Å². The Morgan fingerprint density at radius 3 is 2.56 bits per heavy atom. The molecule has 0 unspecified atom stereocenters. The van der Waals surface area contributed by atoms with Crippen molar-refractivity contribution in [3.63, 3.8) is 0 Å². The predicted molar refractivity (Wildman–Crippen MR) is 61.8 cm³/mol. The fourth-order valence-electron chi connectivity index (χ4n) is 1.33. The lowest BCUT2D eigenvalue weighted by molar-refractivity contribution is 0.627. The van der Waals surface area contributed by atoms with Gasteiger partial charge in [0, 0.05) is 5.25 Å². The molecule has 84 valence electrons. The van der Waals surface area contributed by atoms with Crippen molar-refractivity contribution in [1.29, 1.82) is 0 Å². The van der Waals surface area contributed by atoms with Crippen molar-refractivity contribution in [2.24, 2.45) is 0 Å². The van der Waals surface area contributed by atoms with Crippen LogP contribution in [0.4, 0.5) is 4.39 Å². The molecule has 0 saturated heterocycles. The summed E-state index contributed by atoms with van der Waals surface area (Å²) in [5.74, 6) is 0.587. The van der Waals surface area contributed by atoms with Crippen molar-refractivity contribution in [1.82, 2.24) is 15.2 Å². The number of halogens is 1. The van der Waals surface area contributed by atoms with Crippen molar-refractivity contribution in [2.75, 3.05) is 0 Å². The van der Waals surface area contributed by atoms with Crippen LogP contribution >= 0.6 is 11.8 Å². The van der Waals surface area contributed by atoms with Gasteiger partial charge in [-0.1, -0.05) is 23.9 Å². The van der Waals surface area contributed by atoms with Crippen molar-refractivity contribution in [3.05, 3.63) is 41.5 Å². The number of hydrogen-bond acceptors (Lipinski definition) is 3. The molecule has 5 heteroatoms. The Hall–Kier alpha value is -1.36. The van der Waals surface area contributed by atoms with Crippen molar-refractivity contribution < 1.29 is 4.39 Å². The highest BCUT2D eigenvalue weighted by Crippen LogP contribution is 2.32. The number of H-pyrrole nitrogens is 1. The summed E-state index contributed by atoms with van der Waals surface area (Å²) in [6.07, 6.45) is 0. The number of nitrogens with one attached hydrogen (secondary N) is 1. The van der Waals surface area contributed by atoms with Crippen LogP contribution in [0.3, 0.4) is 0 Å². The normalized spacial score (nSPS) is 12.7. The third-order valence-electron chi connectivity index (χ3n) is 2.20.